The first kappa shape index (κ1) is 15.9. The summed E-state index contributed by atoms with van der Waals surface area (Å²) in [6.45, 7) is 1.99. The zero-order valence-electron chi connectivity index (χ0n) is 10.6. The quantitative estimate of drug-likeness (QED) is 0.789. The summed E-state index contributed by atoms with van der Waals surface area (Å²) in [4.78, 5) is 4.13. The number of hydrogen-bond acceptors (Lipinski definition) is 4. The predicted octanol–water partition coefficient (Wildman–Crippen LogP) is 2.61. The molecule has 0 radical (unpaired) electrons. The van der Waals surface area contributed by atoms with Gasteiger partial charge in [0.05, 0.1) is 0 Å². The van der Waals surface area contributed by atoms with Crippen LogP contribution in [0.1, 0.15) is 13.3 Å². The van der Waals surface area contributed by atoms with Crippen molar-refractivity contribution in [2.24, 2.45) is 0 Å². The molecule has 1 unspecified atom stereocenters. The molecule has 0 aliphatic heterocycles. The zero-order valence-corrected chi connectivity index (χ0v) is 13.8. The third-order valence-corrected chi connectivity index (χ3v) is 5.73. The van der Waals surface area contributed by atoms with Gasteiger partial charge in [-0.05, 0) is 34.7 Å². The van der Waals surface area contributed by atoms with Crippen LogP contribution < -0.4 is 0 Å². The fourth-order valence-electron chi connectivity index (χ4n) is 1.57. The maximum absolute atomic E-state index is 12.4. The Hall–Kier alpha value is -0.110. The maximum atomic E-state index is 12.4. The molecule has 1 atom stereocenters. The Morgan fingerprint density at radius 2 is 2.17 bits per heavy atom. The highest BCUT2D eigenvalue weighted by molar-refractivity contribution is 9.10. The summed E-state index contributed by atoms with van der Waals surface area (Å²) < 4.78 is 26.9. The van der Waals surface area contributed by atoms with Crippen LogP contribution in [0.2, 0.25) is 0 Å². The van der Waals surface area contributed by atoms with Crippen LogP contribution in [0.15, 0.2) is 27.8 Å². The van der Waals surface area contributed by atoms with E-state index in [4.69, 9.17) is 0 Å². The molecule has 1 aromatic heterocycles. The van der Waals surface area contributed by atoms with Crippen LogP contribution in [-0.4, -0.2) is 42.8 Å². The predicted molar refractivity (Wildman–Crippen MR) is 79.3 cm³/mol. The van der Waals surface area contributed by atoms with Crippen molar-refractivity contribution in [3.05, 3.63) is 22.9 Å². The highest BCUT2D eigenvalue weighted by Crippen LogP contribution is 2.21. The molecule has 0 saturated heterocycles. The standard InChI is InChI=1S/C11H17BrN2O2S2/c1-4-10(8-17-3)14(2)18(15,16)11-5-9(12)6-13-7-11/h5-7,10H,4,8H2,1-3H3. The molecule has 1 aromatic rings. The van der Waals surface area contributed by atoms with Gasteiger partial charge in [0.2, 0.25) is 10.0 Å². The van der Waals surface area contributed by atoms with Crippen LogP contribution >= 0.6 is 27.7 Å². The van der Waals surface area contributed by atoms with Gasteiger partial charge in [-0.1, -0.05) is 6.92 Å². The van der Waals surface area contributed by atoms with Gasteiger partial charge in [-0.3, -0.25) is 4.98 Å². The topological polar surface area (TPSA) is 50.3 Å². The second kappa shape index (κ2) is 6.88. The second-order valence-corrected chi connectivity index (χ2v) is 7.70. The molecule has 1 rings (SSSR count). The highest BCUT2D eigenvalue weighted by atomic mass is 79.9. The largest absolute Gasteiger partial charge is 0.262 e. The van der Waals surface area contributed by atoms with Crippen molar-refractivity contribution in [3.8, 4) is 0 Å². The molecule has 0 N–H and O–H groups in total. The first-order valence-electron chi connectivity index (χ1n) is 5.51. The van der Waals surface area contributed by atoms with E-state index in [1.807, 2.05) is 13.2 Å². The molecule has 0 bridgehead atoms. The number of hydrogen-bond donors (Lipinski definition) is 0. The van der Waals surface area contributed by atoms with Gasteiger partial charge in [0.25, 0.3) is 0 Å². The molecule has 18 heavy (non-hydrogen) atoms. The van der Waals surface area contributed by atoms with Crippen molar-refractivity contribution >= 4 is 37.7 Å². The number of nitrogens with zero attached hydrogens (tertiary/aromatic N) is 2. The maximum Gasteiger partial charge on any atom is 0.244 e. The van der Waals surface area contributed by atoms with Crippen LogP contribution in [0.4, 0.5) is 0 Å². The van der Waals surface area contributed by atoms with Crippen molar-refractivity contribution in [2.45, 2.75) is 24.3 Å². The Bertz CT molecular complexity index is 494. The summed E-state index contributed by atoms with van der Waals surface area (Å²) in [7, 11) is -1.84. The van der Waals surface area contributed by atoms with Crippen molar-refractivity contribution in [3.63, 3.8) is 0 Å². The summed E-state index contributed by atoms with van der Waals surface area (Å²) in [5, 5.41) is 0. The zero-order chi connectivity index (χ0) is 13.8. The summed E-state index contributed by atoms with van der Waals surface area (Å²) in [6, 6.07) is 1.58. The molecule has 0 aliphatic rings. The Labute approximate surface area is 121 Å². The minimum atomic E-state index is -3.47. The lowest BCUT2D eigenvalue weighted by Gasteiger charge is -2.25. The van der Waals surface area contributed by atoms with E-state index >= 15 is 0 Å². The normalized spacial score (nSPS) is 13.8. The molecule has 7 heteroatoms. The van der Waals surface area contributed by atoms with Crippen LogP contribution in [0, 0.1) is 0 Å². The molecule has 1 heterocycles. The SMILES string of the molecule is CCC(CSC)N(C)S(=O)(=O)c1cncc(Br)c1. The Kier molecular flexibility index (Phi) is 6.10. The number of aromatic nitrogens is 1. The van der Waals surface area contributed by atoms with Crippen molar-refractivity contribution in [1.29, 1.82) is 0 Å². The van der Waals surface area contributed by atoms with Gasteiger partial charge in [-0.2, -0.15) is 16.1 Å². The Morgan fingerprint density at radius 3 is 2.67 bits per heavy atom. The van der Waals surface area contributed by atoms with E-state index in [2.05, 4.69) is 20.9 Å². The summed E-state index contributed by atoms with van der Waals surface area (Å²) in [5.41, 5.74) is 0. The molecular weight excluding hydrogens is 336 g/mol. The first-order valence-corrected chi connectivity index (χ1v) is 9.13. The Morgan fingerprint density at radius 1 is 1.50 bits per heavy atom. The number of halogens is 1. The lowest BCUT2D eigenvalue weighted by Crippen LogP contribution is -2.38. The molecule has 102 valence electrons. The van der Waals surface area contributed by atoms with Gasteiger partial charge in [0, 0.05) is 35.7 Å². The van der Waals surface area contributed by atoms with E-state index in [0.29, 0.717) is 4.47 Å². The molecule has 4 nitrogen and oxygen atoms in total. The number of pyridine rings is 1. The fraction of sp³-hybridized carbons (Fsp3) is 0.545. The van der Waals surface area contributed by atoms with Crippen molar-refractivity contribution in [1.82, 2.24) is 9.29 Å². The molecule has 0 saturated carbocycles. The lowest BCUT2D eigenvalue weighted by atomic mass is 10.3. The molecule has 0 aliphatic carbocycles. The second-order valence-electron chi connectivity index (χ2n) is 3.88. The number of thioether (sulfide) groups is 1. The van der Waals surface area contributed by atoms with Crippen molar-refractivity contribution < 1.29 is 8.42 Å². The summed E-state index contributed by atoms with van der Waals surface area (Å²) >= 11 is 4.89. The number of rotatable bonds is 6. The van der Waals surface area contributed by atoms with Crippen LogP contribution in [-0.2, 0) is 10.0 Å². The van der Waals surface area contributed by atoms with Gasteiger partial charge in [-0.15, -0.1) is 0 Å². The first-order chi connectivity index (χ1) is 8.43. The molecule has 0 aromatic carbocycles. The van der Waals surface area contributed by atoms with E-state index in [1.165, 1.54) is 10.5 Å². The van der Waals surface area contributed by atoms with E-state index in [-0.39, 0.29) is 10.9 Å². The van der Waals surface area contributed by atoms with Crippen LogP contribution in [0.25, 0.3) is 0 Å². The van der Waals surface area contributed by atoms with Crippen molar-refractivity contribution in [2.75, 3.05) is 19.1 Å². The van der Waals surface area contributed by atoms with Gasteiger partial charge < -0.3 is 0 Å². The summed E-state index contributed by atoms with van der Waals surface area (Å²) in [6.07, 6.45) is 5.71. The van der Waals surface area contributed by atoms with E-state index < -0.39 is 10.0 Å². The minimum absolute atomic E-state index is 0.00369. The van der Waals surface area contributed by atoms with Gasteiger partial charge in [0.1, 0.15) is 4.90 Å². The van der Waals surface area contributed by atoms with E-state index in [0.717, 1.165) is 12.2 Å². The highest BCUT2D eigenvalue weighted by Gasteiger charge is 2.27. The lowest BCUT2D eigenvalue weighted by molar-refractivity contribution is 0.385. The number of sulfonamides is 1. The third-order valence-electron chi connectivity index (χ3n) is 2.70. The average Bonchev–Trinajstić information content (AvgIpc) is 2.35. The third kappa shape index (κ3) is 3.69. The summed E-state index contributed by atoms with van der Waals surface area (Å²) in [5.74, 6) is 0.785. The van der Waals surface area contributed by atoms with Gasteiger partial charge >= 0.3 is 0 Å². The van der Waals surface area contributed by atoms with Crippen LogP contribution in [0.5, 0.6) is 0 Å². The molecule has 0 spiro atoms. The van der Waals surface area contributed by atoms with E-state index in [1.54, 1.807) is 31.1 Å². The monoisotopic (exact) mass is 352 g/mol. The fourth-order valence-corrected chi connectivity index (χ4v) is 4.44. The van der Waals surface area contributed by atoms with Crippen LogP contribution in [0.3, 0.4) is 0 Å². The van der Waals surface area contributed by atoms with E-state index in [9.17, 15) is 8.42 Å². The molecule has 0 amide bonds. The van der Waals surface area contributed by atoms with Gasteiger partial charge in [-0.25, -0.2) is 8.42 Å². The molecular formula is C11H17BrN2O2S2. The average molecular weight is 353 g/mol. The Balaban J connectivity index is 3.06. The smallest absolute Gasteiger partial charge is 0.244 e. The molecule has 0 fully saturated rings. The van der Waals surface area contributed by atoms with Gasteiger partial charge in [0.15, 0.2) is 0 Å². The minimum Gasteiger partial charge on any atom is -0.262 e.